The molecule has 3 heterocycles. The van der Waals surface area contributed by atoms with Gasteiger partial charge in [-0.05, 0) is 19.4 Å². The molecule has 0 bridgehead atoms. The third kappa shape index (κ3) is 2.92. The fourth-order valence-corrected chi connectivity index (χ4v) is 3.59. The summed E-state index contributed by atoms with van der Waals surface area (Å²) in [7, 11) is 3.45. The Morgan fingerprint density at radius 1 is 1.19 bits per heavy atom. The molecule has 26 heavy (non-hydrogen) atoms. The number of hydrogen-bond donors (Lipinski definition) is 0. The molecule has 0 radical (unpaired) electrons. The summed E-state index contributed by atoms with van der Waals surface area (Å²) >= 11 is 0. The maximum atomic E-state index is 12.5. The van der Waals surface area contributed by atoms with Crippen LogP contribution in [0.15, 0.2) is 16.9 Å². The van der Waals surface area contributed by atoms with Gasteiger partial charge in [-0.1, -0.05) is 0 Å². The van der Waals surface area contributed by atoms with E-state index in [-0.39, 0.29) is 12.4 Å². The van der Waals surface area contributed by atoms with Crippen LogP contribution >= 0.6 is 0 Å². The van der Waals surface area contributed by atoms with Crippen LogP contribution in [0.3, 0.4) is 0 Å². The van der Waals surface area contributed by atoms with Crippen LogP contribution < -0.4 is 19.8 Å². The topological polar surface area (TPSA) is 65.8 Å². The minimum Gasteiger partial charge on any atom is -0.496 e. The molecular formula is C19H23N3O4. The Morgan fingerprint density at radius 2 is 1.92 bits per heavy atom. The highest BCUT2D eigenvalue weighted by molar-refractivity contribution is 5.51. The molecule has 1 aromatic carbocycles. The minimum absolute atomic E-state index is 0.0787. The molecule has 0 spiro atoms. The van der Waals surface area contributed by atoms with Crippen molar-refractivity contribution >= 4 is 0 Å². The van der Waals surface area contributed by atoms with Crippen molar-refractivity contribution in [2.24, 2.45) is 7.05 Å². The highest BCUT2D eigenvalue weighted by Gasteiger charge is 2.22. The quantitative estimate of drug-likeness (QED) is 0.828. The Bertz CT molecular complexity index is 907. The Morgan fingerprint density at radius 3 is 2.69 bits per heavy atom. The molecule has 7 heteroatoms. The van der Waals surface area contributed by atoms with Crippen LogP contribution in [0.5, 0.6) is 17.2 Å². The minimum atomic E-state index is 0.0787. The Labute approximate surface area is 152 Å². The number of aryl methyl sites for hydroxylation is 1. The lowest BCUT2D eigenvalue weighted by Crippen LogP contribution is -2.28. The molecule has 2 aliphatic heterocycles. The van der Waals surface area contributed by atoms with Gasteiger partial charge in [-0.15, -0.1) is 0 Å². The SMILES string of the molecule is COc1cc2c(cc1CN1CCc3nc(C)n(C)c(=O)c3CC1)OCO2. The Hall–Kier alpha value is -2.54. The standard InChI is InChI=1S/C19H23N3O4/c1-12-20-15-5-7-22(6-4-14(15)19(23)21(12)2)10-13-8-17-18(26-11-25-17)9-16(13)24-3/h8-9H,4-7,10-11H2,1-3H3. The average Bonchev–Trinajstić information content (AvgIpc) is 3.00. The van der Waals surface area contributed by atoms with E-state index in [0.29, 0.717) is 6.42 Å². The predicted octanol–water partition coefficient (Wildman–Crippen LogP) is 1.43. The van der Waals surface area contributed by atoms with Crippen LogP contribution in [0.2, 0.25) is 0 Å². The normalized spacial score (nSPS) is 16.3. The number of hydrogen-bond acceptors (Lipinski definition) is 6. The number of rotatable bonds is 3. The third-order valence-electron chi connectivity index (χ3n) is 5.21. The number of nitrogens with zero attached hydrogens (tertiary/aromatic N) is 3. The van der Waals surface area contributed by atoms with Gasteiger partial charge in [0, 0.05) is 50.3 Å². The maximum Gasteiger partial charge on any atom is 0.256 e. The molecule has 0 saturated heterocycles. The second-order valence-corrected chi connectivity index (χ2v) is 6.74. The summed E-state index contributed by atoms with van der Waals surface area (Å²) in [5.74, 6) is 3.03. The third-order valence-corrected chi connectivity index (χ3v) is 5.21. The number of ether oxygens (including phenoxy) is 3. The summed E-state index contributed by atoms with van der Waals surface area (Å²) in [4.78, 5) is 19.5. The molecule has 4 rings (SSSR count). The molecule has 0 atom stereocenters. The molecule has 1 aromatic heterocycles. The molecule has 2 aromatic rings. The van der Waals surface area contributed by atoms with Crippen molar-refractivity contribution in [1.29, 1.82) is 0 Å². The van der Waals surface area contributed by atoms with Crippen LogP contribution in [-0.2, 0) is 26.4 Å². The Kier molecular flexibility index (Phi) is 4.32. The van der Waals surface area contributed by atoms with Crippen LogP contribution in [0, 0.1) is 6.92 Å². The molecule has 0 unspecified atom stereocenters. The van der Waals surface area contributed by atoms with Crippen LogP contribution in [0.4, 0.5) is 0 Å². The summed E-state index contributed by atoms with van der Waals surface area (Å²) in [5.41, 5.74) is 2.92. The van der Waals surface area contributed by atoms with Gasteiger partial charge in [0.05, 0.1) is 12.8 Å². The van der Waals surface area contributed by atoms with E-state index in [9.17, 15) is 4.79 Å². The molecule has 138 valence electrons. The summed E-state index contributed by atoms with van der Waals surface area (Å²) in [6, 6.07) is 3.87. The van der Waals surface area contributed by atoms with Gasteiger partial charge in [0.2, 0.25) is 6.79 Å². The summed E-state index contributed by atoms with van der Waals surface area (Å²) in [5, 5.41) is 0. The maximum absolute atomic E-state index is 12.5. The number of benzene rings is 1. The highest BCUT2D eigenvalue weighted by Crippen LogP contribution is 2.38. The fraction of sp³-hybridized carbons (Fsp3) is 0.474. The van der Waals surface area contributed by atoms with Crippen molar-refractivity contribution in [3.63, 3.8) is 0 Å². The molecule has 2 aliphatic rings. The van der Waals surface area contributed by atoms with Crippen LogP contribution in [0.1, 0.15) is 22.6 Å². The second-order valence-electron chi connectivity index (χ2n) is 6.74. The first kappa shape index (κ1) is 16.9. The van der Waals surface area contributed by atoms with Gasteiger partial charge < -0.3 is 14.2 Å². The van der Waals surface area contributed by atoms with Crippen molar-refractivity contribution in [2.45, 2.75) is 26.3 Å². The van der Waals surface area contributed by atoms with E-state index in [1.54, 1.807) is 18.7 Å². The van der Waals surface area contributed by atoms with Crippen LogP contribution in [-0.4, -0.2) is 41.4 Å². The van der Waals surface area contributed by atoms with Crippen molar-refractivity contribution in [3.05, 3.63) is 45.1 Å². The van der Waals surface area contributed by atoms with E-state index in [0.717, 1.165) is 65.9 Å². The van der Waals surface area contributed by atoms with Gasteiger partial charge in [-0.25, -0.2) is 4.98 Å². The molecule has 0 amide bonds. The zero-order chi connectivity index (χ0) is 18.3. The molecule has 7 nitrogen and oxygen atoms in total. The first-order chi connectivity index (χ1) is 12.6. The van der Waals surface area contributed by atoms with Crippen molar-refractivity contribution in [1.82, 2.24) is 14.5 Å². The summed E-state index contributed by atoms with van der Waals surface area (Å²) in [6.07, 6.45) is 1.49. The average molecular weight is 357 g/mol. The highest BCUT2D eigenvalue weighted by atomic mass is 16.7. The van der Waals surface area contributed by atoms with Crippen molar-refractivity contribution in [2.75, 3.05) is 27.0 Å². The van der Waals surface area contributed by atoms with E-state index in [2.05, 4.69) is 9.88 Å². The largest absolute Gasteiger partial charge is 0.496 e. The smallest absolute Gasteiger partial charge is 0.256 e. The van der Waals surface area contributed by atoms with Gasteiger partial charge in [0.25, 0.3) is 5.56 Å². The van der Waals surface area contributed by atoms with E-state index in [1.807, 2.05) is 19.1 Å². The van der Waals surface area contributed by atoms with Crippen molar-refractivity contribution < 1.29 is 14.2 Å². The van der Waals surface area contributed by atoms with E-state index in [4.69, 9.17) is 14.2 Å². The van der Waals surface area contributed by atoms with Gasteiger partial charge in [-0.2, -0.15) is 0 Å². The molecule has 0 saturated carbocycles. The zero-order valence-electron chi connectivity index (χ0n) is 15.4. The number of fused-ring (bicyclic) bond motifs is 2. The first-order valence-electron chi connectivity index (χ1n) is 8.81. The first-order valence-corrected chi connectivity index (χ1v) is 8.81. The van der Waals surface area contributed by atoms with Crippen LogP contribution in [0.25, 0.3) is 0 Å². The molecule has 0 N–H and O–H groups in total. The van der Waals surface area contributed by atoms with Gasteiger partial charge >= 0.3 is 0 Å². The number of aromatic nitrogens is 2. The molecular weight excluding hydrogens is 334 g/mol. The van der Waals surface area contributed by atoms with E-state index < -0.39 is 0 Å². The molecule has 0 fully saturated rings. The predicted molar refractivity (Wildman–Crippen MR) is 96.0 cm³/mol. The van der Waals surface area contributed by atoms with E-state index >= 15 is 0 Å². The number of methoxy groups -OCH3 is 1. The monoisotopic (exact) mass is 357 g/mol. The fourth-order valence-electron chi connectivity index (χ4n) is 3.59. The Balaban J connectivity index is 1.56. The summed E-state index contributed by atoms with van der Waals surface area (Å²) in [6.45, 7) is 4.51. The second kappa shape index (κ2) is 6.64. The van der Waals surface area contributed by atoms with Gasteiger partial charge in [0.15, 0.2) is 11.5 Å². The van der Waals surface area contributed by atoms with Crippen molar-refractivity contribution in [3.8, 4) is 17.2 Å². The van der Waals surface area contributed by atoms with Gasteiger partial charge in [-0.3, -0.25) is 14.3 Å². The lowest BCUT2D eigenvalue weighted by Gasteiger charge is -2.21. The lowest BCUT2D eigenvalue weighted by molar-refractivity contribution is 0.173. The summed E-state index contributed by atoms with van der Waals surface area (Å²) < 4.78 is 18.1. The van der Waals surface area contributed by atoms with Gasteiger partial charge in [0.1, 0.15) is 11.6 Å². The molecule has 0 aliphatic carbocycles. The lowest BCUT2D eigenvalue weighted by atomic mass is 10.1. The van der Waals surface area contributed by atoms with E-state index in [1.165, 1.54) is 0 Å². The zero-order valence-corrected chi connectivity index (χ0v) is 15.4.